The highest BCUT2D eigenvalue weighted by atomic mass is 16.2. The quantitative estimate of drug-likeness (QED) is 0.531. The average molecular weight is 455 g/mol. The predicted molar refractivity (Wildman–Crippen MR) is 134 cm³/mol. The predicted octanol–water partition coefficient (Wildman–Crippen LogP) is 3.19. The Balaban J connectivity index is 1.27. The van der Waals surface area contributed by atoms with Gasteiger partial charge in [0.15, 0.2) is 0 Å². The topological polar surface area (TPSA) is 65.5 Å². The van der Waals surface area contributed by atoms with Crippen molar-refractivity contribution in [1.82, 2.24) is 20.1 Å². The van der Waals surface area contributed by atoms with Gasteiger partial charge in [-0.1, -0.05) is 66.7 Å². The number of nitrogens with one attached hydrogen (secondary N) is 1. The van der Waals surface area contributed by atoms with E-state index in [0.717, 1.165) is 36.3 Å². The molecular formula is C28H30N4O2. The average Bonchev–Trinajstić information content (AvgIpc) is 2.90. The van der Waals surface area contributed by atoms with Crippen LogP contribution in [0.4, 0.5) is 0 Å². The van der Waals surface area contributed by atoms with Gasteiger partial charge in [0.1, 0.15) is 0 Å². The van der Waals surface area contributed by atoms with Gasteiger partial charge in [0.25, 0.3) is 0 Å². The van der Waals surface area contributed by atoms with Crippen LogP contribution in [0, 0.1) is 0 Å². The van der Waals surface area contributed by atoms with E-state index in [4.69, 9.17) is 0 Å². The number of carbonyl (C=O) groups excluding carboxylic acids is 2. The standard InChI is InChI=1S/C28H30N4O2/c33-26(14-13-23-8-7-15-29-22-23)30-16-17-31-18-20-32(21-19-31)28(34)27(24-9-3-1-4-10-24)25-11-5-2-6-12-25/h1-15,22,27H,16-21H2,(H,30,33). The fourth-order valence-corrected chi connectivity index (χ4v) is 4.19. The summed E-state index contributed by atoms with van der Waals surface area (Å²) in [5.74, 6) is -0.267. The van der Waals surface area contributed by atoms with Crippen molar-refractivity contribution < 1.29 is 9.59 Å². The number of hydrogen-bond acceptors (Lipinski definition) is 4. The Morgan fingerprint density at radius 3 is 2.12 bits per heavy atom. The molecule has 2 heterocycles. The van der Waals surface area contributed by atoms with Crippen LogP contribution in [-0.2, 0) is 9.59 Å². The van der Waals surface area contributed by atoms with E-state index >= 15 is 0 Å². The molecule has 0 bridgehead atoms. The molecule has 0 aliphatic carbocycles. The summed E-state index contributed by atoms with van der Waals surface area (Å²) in [6.07, 6.45) is 6.70. The van der Waals surface area contributed by atoms with Gasteiger partial charge in [-0.05, 0) is 28.8 Å². The lowest BCUT2D eigenvalue weighted by atomic mass is 9.90. The smallest absolute Gasteiger partial charge is 0.244 e. The molecule has 34 heavy (non-hydrogen) atoms. The maximum Gasteiger partial charge on any atom is 0.244 e. The normalized spacial score (nSPS) is 14.4. The van der Waals surface area contributed by atoms with E-state index in [1.807, 2.05) is 77.7 Å². The molecule has 1 aliphatic heterocycles. The molecule has 0 saturated carbocycles. The van der Waals surface area contributed by atoms with Crippen LogP contribution < -0.4 is 5.32 Å². The second kappa shape index (κ2) is 11.9. The highest BCUT2D eigenvalue weighted by Gasteiger charge is 2.29. The van der Waals surface area contributed by atoms with Crippen molar-refractivity contribution in [2.75, 3.05) is 39.3 Å². The highest BCUT2D eigenvalue weighted by Crippen LogP contribution is 2.27. The van der Waals surface area contributed by atoms with Gasteiger partial charge in [-0.2, -0.15) is 0 Å². The molecule has 1 fully saturated rings. The van der Waals surface area contributed by atoms with Crippen molar-refractivity contribution in [3.05, 3.63) is 108 Å². The lowest BCUT2D eigenvalue weighted by molar-refractivity contribution is -0.133. The van der Waals surface area contributed by atoms with Crippen LogP contribution >= 0.6 is 0 Å². The number of pyridine rings is 1. The third-order valence-corrected chi connectivity index (χ3v) is 6.04. The first kappa shape index (κ1) is 23.4. The Hall–Kier alpha value is -3.77. The summed E-state index contributed by atoms with van der Waals surface area (Å²) in [6, 6.07) is 23.7. The lowest BCUT2D eigenvalue weighted by Crippen LogP contribution is -2.51. The van der Waals surface area contributed by atoms with Gasteiger partial charge in [-0.15, -0.1) is 0 Å². The zero-order valence-corrected chi connectivity index (χ0v) is 19.2. The molecule has 1 N–H and O–H groups in total. The fourth-order valence-electron chi connectivity index (χ4n) is 4.19. The molecule has 2 aromatic carbocycles. The Labute approximate surface area is 200 Å². The summed E-state index contributed by atoms with van der Waals surface area (Å²) >= 11 is 0. The summed E-state index contributed by atoms with van der Waals surface area (Å²) in [5, 5.41) is 2.93. The molecule has 0 unspecified atom stereocenters. The molecule has 0 atom stereocenters. The van der Waals surface area contributed by atoms with Crippen LogP contribution in [0.15, 0.2) is 91.3 Å². The maximum atomic E-state index is 13.5. The summed E-state index contributed by atoms with van der Waals surface area (Å²) in [6.45, 7) is 4.29. The molecule has 0 spiro atoms. The number of hydrogen-bond donors (Lipinski definition) is 1. The largest absolute Gasteiger partial charge is 0.351 e. The molecule has 1 aliphatic rings. The molecule has 3 aromatic rings. The van der Waals surface area contributed by atoms with Gasteiger partial charge in [0, 0.05) is 57.7 Å². The van der Waals surface area contributed by atoms with E-state index in [1.165, 1.54) is 6.08 Å². The molecule has 174 valence electrons. The first-order valence-corrected chi connectivity index (χ1v) is 11.7. The second-order valence-corrected chi connectivity index (χ2v) is 8.33. The minimum Gasteiger partial charge on any atom is -0.351 e. The van der Waals surface area contributed by atoms with Gasteiger partial charge in [-0.25, -0.2) is 0 Å². The third-order valence-electron chi connectivity index (χ3n) is 6.04. The van der Waals surface area contributed by atoms with Gasteiger partial charge in [0.05, 0.1) is 5.92 Å². The first-order chi connectivity index (χ1) is 16.7. The van der Waals surface area contributed by atoms with Crippen molar-refractivity contribution >= 4 is 17.9 Å². The van der Waals surface area contributed by atoms with E-state index in [1.54, 1.807) is 18.5 Å². The van der Waals surface area contributed by atoms with Crippen LogP contribution in [0.25, 0.3) is 6.08 Å². The second-order valence-electron chi connectivity index (χ2n) is 8.33. The van der Waals surface area contributed by atoms with E-state index in [9.17, 15) is 9.59 Å². The van der Waals surface area contributed by atoms with Crippen LogP contribution in [-0.4, -0.2) is 65.9 Å². The van der Waals surface area contributed by atoms with E-state index in [2.05, 4.69) is 15.2 Å². The Morgan fingerprint density at radius 1 is 0.882 bits per heavy atom. The molecule has 1 aromatic heterocycles. The zero-order chi connectivity index (χ0) is 23.6. The molecular weight excluding hydrogens is 424 g/mol. The van der Waals surface area contributed by atoms with Gasteiger partial charge >= 0.3 is 0 Å². The SMILES string of the molecule is O=C(C=Cc1cccnc1)NCCN1CCN(C(=O)C(c2ccccc2)c2ccccc2)CC1. The van der Waals surface area contributed by atoms with Crippen LogP contribution in [0.5, 0.6) is 0 Å². The number of amides is 2. The third kappa shape index (κ3) is 6.39. The minimum absolute atomic E-state index is 0.119. The molecule has 1 saturated heterocycles. The van der Waals surface area contributed by atoms with Crippen LogP contribution in [0.1, 0.15) is 22.6 Å². The van der Waals surface area contributed by atoms with Crippen molar-refractivity contribution in [3.8, 4) is 0 Å². The Morgan fingerprint density at radius 2 is 1.53 bits per heavy atom. The molecule has 6 nitrogen and oxygen atoms in total. The van der Waals surface area contributed by atoms with Crippen molar-refractivity contribution in [3.63, 3.8) is 0 Å². The highest BCUT2D eigenvalue weighted by molar-refractivity contribution is 5.91. The van der Waals surface area contributed by atoms with Crippen LogP contribution in [0.3, 0.4) is 0 Å². The van der Waals surface area contributed by atoms with E-state index < -0.39 is 0 Å². The maximum absolute atomic E-state index is 13.5. The van der Waals surface area contributed by atoms with E-state index in [0.29, 0.717) is 19.6 Å². The summed E-state index contributed by atoms with van der Waals surface area (Å²) in [5.41, 5.74) is 2.93. The minimum atomic E-state index is -0.292. The Bertz CT molecular complexity index is 1040. The monoisotopic (exact) mass is 454 g/mol. The zero-order valence-electron chi connectivity index (χ0n) is 19.2. The summed E-state index contributed by atoms with van der Waals surface area (Å²) < 4.78 is 0. The lowest BCUT2D eigenvalue weighted by Gasteiger charge is -2.36. The number of aromatic nitrogens is 1. The molecule has 6 heteroatoms. The van der Waals surface area contributed by atoms with E-state index in [-0.39, 0.29) is 17.7 Å². The van der Waals surface area contributed by atoms with Gasteiger partial charge in [-0.3, -0.25) is 19.5 Å². The number of nitrogens with zero attached hydrogens (tertiary/aromatic N) is 3. The first-order valence-electron chi connectivity index (χ1n) is 11.7. The molecule has 2 amide bonds. The van der Waals surface area contributed by atoms with Crippen LogP contribution in [0.2, 0.25) is 0 Å². The van der Waals surface area contributed by atoms with Crippen molar-refractivity contribution in [2.45, 2.75) is 5.92 Å². The molecule has 4 rings (SSSR count). The number of rotatable bonds is 8. The van der Waals surface area contributed by atoms with Crippen molar-refractivity contribution in [2.24, 2.45) is 0 Å². The number of carbonyl (C=O) groups is 2. The number of benzene rings is 2. The number of piperazine rings is 1. The molecule has 0 radical (unpaired) electrons. The van der Waals surface area contributed by atoms with Crippen molar-refractivity contribution in [1.29, 1.82) is 0 Å². The Kier molecular flexibility index (Phi) is 8.19. The summed E-state index contributed by atoms with van der Waals surface area (Å²) in [7, 11) is 0. The van der Waals surface area contributed by atoms with Gasteiger partial charge < -0.3 is 10.2 Å². The fraction of sp³-hybridized carbons (Fsp3) is 0.250. The van der Waals surface area contributed by atoms with Gasteiger partial charge in [0.2, 0.25) is 11.8 Å². The summed E-state index contributed by atoms with van der Waals surface area (Å²) in [4.78, 5) is 33.9.